The maximum absolute atomic E-state index is 3.66. The Morgan fingerprint density at radius 2 is 2.20 bits per heavy atom. The molecule has 1 saturated carbocycles. The highest BCUT2D eigenvalue weighted by atomic mass is 32.2. The quantitative estimate of drug-likeness (QED) is 0.748. The number of nitrogens with zero attached hydrogens (tertiary/aromatic N) is 1. The van der Waals surface area contributed by atoms with Gasteiger partial charge < -0.3 is 5.32 Å². The first kappa shape index (κ1) is 11.7. The molecule has 0 spiro atoms. The van der Waals surface area contributed by atoms with Gasteiger partial charge in [0.15, 0.2) is 0 Å². The van der Waals surface area contributed by atoms with Gasteiger partial charge in [-0.3, -0.25) is 4.90 Å². The van der Waals surface area contributed by atoms with Gasteiger partial charge in [0.1, 0.15) is 0 Å². The summed E-state index contributed by atoms with van der Waals surface area (Å²) in [5.74, 6) is 2.71. The lowest BCUT2D eigenvalue weighted by Crippen LogP contribution is -2.45. The van der Waals surface area contributed by atoms with Gasteiger partial charge in [0, 0.05) is 30.4 Å². The van der Waals surface area contributed by atoms with E-state index < -0.39 is 0 Å². The highest BCUT2D eigenvalue weighted by molar-refractivity contribution is 7.99. The second-order valence-electron chi connectivity index (χ2n) is 4.93. The Morgan fingerprint density at radius 1 is 1.40 bits per heavy atom. The predicted octanol–water partition coefficient (Wildman–Crippen LogP) is 1.95. The summed E-state index contributed by atoms with van der Waals surface area (Å²) in [5, 5.41) is 3.66. The van der Waals surface area contributed by atoms with Crippen LogP contribution in [-0.4, -0.2) is 48.1 Å². The molecule has 3 heteroatoms. The molecule has 2 atom stereocenters. The number of thioether (sulfide) groups is 1. The van der Waals surface area contributed by atoms with E-state index in [9.17, 15) is 0 Å². The fraction of sp³-hybridized carbons (Fsp3) is 1.00. The van der Waals surface area contributed by atoms with Crippen molar-refractivity contribution >= 4 is 11.8 Å². The minimum absolute atomic E-state index is 0.745. The van der Waals surface area contributed by atoms with Gasteiger partial charge in [0.2, 0.25) is 0 Å². The van der Waals surface area contributed by atoms with Crippen molar-refractivity contribution in [3.63, 3.8) is 0 Å². The molecule has 0 aromatic heterocycles. The van der Waals surface area contributed by atoms with Crippen LogP contribution in [0.5, 0.6) is 0 Å². The third-order valence-electron chi connectivity index (χ3n) is 3.75. The van der Waals surface area contributed by atoms with E-state index in [0.717, 1.165) is 18.1 Å². The lowest BCUT2D eigenvalue weighted by atomic mass is 10.1. The minimum Gasteiger partial charge on any atom is -0.312 e. The highest BCUT2D eigenvalue weighted by Crippen LogP contribution is 2.24. The zero-order valence-corrected chi connectivity index (χ0v) is 10.9. The van der Waals surface area contributed by atoms with E-state index in [-0.39, 0.29) is 0 Å². The molecule has 2 aliphatic rings. The van der Waals surface area contributed by atoms with Crippen LogP contribution in [0.3, 0.4) is 0 Å². The van der Waals surface area contributed by atoms with Crippen molar-refractivity contribution in [2.75, 3.05) is 25.1 Å². The third-order valence-corrected chi connectivity index (χ3v) is 4.89. The number of nitrogens with one attached hydrogen (secondary N) is 1. The van der Waals surface area contributed by atoms with E-state index in [1.807, 2.05) is 0 Å². The van der Waals surface area contributed by atoms with Crippen LogP contribution >= 0.6 is 11.8 Å². The molecule has 2 rings (SSSR count). The molecule has 1 heterocycles. The van der Waals surface area contributed by atoms with Crippen LogP contribution in [0, 0.1) is 0 Å². The molecule has 15 heavy (non-hydrogen) atoms. The Balaban J connectivity index is 1.75. The summed E-state index contributed by atoms with van der Waals surface area (Å²) >= 11 is 2.11. The molecule has 2 unspecified atom stereocenters. The fourth-order valence-corrected chi connectivity index (χ4v) is 3.59. The molecule has 88 valence electrons. The van der Waals surface area contributed by atoms with E-state index in [4.69, 9.17) is 0 Å². The summed E-state index contributed by atoms with van der Waals surface area (Å²) in [4.78, 5) is 2.62. The van der Waals surface area contributed by atoms with Crippen molar-refractivity contribution in [2.24, 2.45) is 0 Å². The van der Waals surface area contributed by atoms with E-state index in [0.29, 0.717) is 0 Å². The number of hydrogen-bond acceptors (Lipinski definition) is 3. The van der Waals surface area contributed by atoms with Gasteiger partial charge in [-0.25, -0.2) is 0 Å². The first-order valence-corrected chi connectivity index (χ1v) is 7.49. The van der Waals surface area contributed by atoms with Crippen LogP contribution in [-0.2, 0) is 0 Å². The van der Waals surface area contributed by atoms with E-state index in [1.165, 1.54) is 43.7 Å². The van der Waals surface area contributed by atoms with Gasteiger partial charge in [-0.1, -0.05) is 6.92 Å². The monoisotopic (exact) mass is 228 g/mol. The largest absolute Gasteiger partial charge is 0.312 e. The SMILES string of the molecule is CCC(CNC1CC1)N(C)C1CCSC1. The molecular formula is C12H24N2S. The van der Waals surface area contributed by atoms with Crippen LogP contribution in [0.1, 0.15) is 32.6 Å². The van der Waals surface area contributed by atoms with Gasteiger partial charge >= 0.3 is 0 Å². The summed E-state index contributed by atoms with van der Waals surface area (Å²) in [6.07, 6.45) is 5.47. The Hall–Kier alpha value is 0.270. The van der Waals surface area contributed by atoms with Gasteiger partial charge in [-0.15, -0.1) is 0 Å². The Bertz CT molecular complexity index is 188. The molecule has 0 radical (unpaired) electrons. The molecule has 1 aliphatic heterocycles. The Labute approximate surface area is 98.2 Å². The van der Waals surface area contributed by atoms with Crippen LogP contribution in [0.2, 0.25) is 0 Å². The molecule has 1 aliphatic carbocycles. The summed E-state index contributed by atoms with van der Waals surface area (Å²) < 4.78 is 0. The van der Waals surface area contributed by atoms with Gasteiger partial charge in [-0.05, 0) is 38.5 Å². The van der Waals surface area contributed by atoms with Gasteiger partial charge in [0.25, 0.3) is 0 Å². The second-order valence-corrected chi connectivity index (χ2v) is 6.08. The fourth-order valence-electron chi connectivity index (χ4n) is 2.31. The molecule has 0 amide bonds. The third kappa shape index (κ3) is 3.36. The van der Waals surface area contributed by atoms with E-state index in [2.05, 4.69) is 35.9 Å². The number of rotatable bonds is 6. The summed E-state index contributed by atoms with van der Waals surface area (Å²) in [6.45, 7) is 3.51. The molecule has 0 bridgehead atoms. The number of hydrogen-bond donors (Lipinski definition) is 1. The highest BCUT2D eigenvalue weighted by Gasteiger charge is 2.27. The molecule has 1 saturated heterocycles. The molecule has 0 aromatic carbocycles. The van der Waals surface area contributed by atoms with Crippen molar-refractivity contribution in [2.45, 2.75) is 50.7 Å². The zero-order valence-electron chi connectivity index (χ0n) is 10.0. The van der Waals surface area contributed by atoms with Crippen molar-refractivity contribution in [3.05, 3.63) is 0 Å². The van der Waals surface area contributed by atoms with Crippen molar-refractivity contribution in [3.8, 4) is 0 Å². The van der Waals surface area contributed by atoms with Crippen molar-refractivity contribution in [1.29, 1.82) is 0 Å². The number of likely N-dealkylation sites (N-methyl/N-ethyl adjacent to an activating group) is 1. The van der Waals surface area contributed by atoms with Crippen LogP contribution in [0.15, 0.2) is 0 Å². The molecule has 2 fully saturated rings. The average Bonchev–Trinajstić information content (AvgIpc) is 2.92. The zero-order chi connectivity index (χ0) is 10.7. The Kier molecular flexibility index (Phi) is 4.35. The lowest BCUT2D eigenvalue weighted by molar-refractivity contribution is 0.178. The maximum Gasteiger partial charge on any atom is 0.0218 e. The summed E-state index contributed by atoms with van der Waals surface area (Å²) in [7, 11) is 2.32. The van der Waals surface area contributed by atoms with Crippen molar-refractivity contribution in [1.82, 2.24) is 10.2 Å². The van der Waals surface area contributed by atoms with Crippen LogP contribution < -0.4 is 5.32 Å². The molecule has 2 nitrogen and oxygen atoms in total. The van der Waals surface area contributed by atoms with Crippen LogP contribution in [0.25, 0.3) is 0 Å². The van der Waals surface area contributed by atoms with Crippen molar-refractivity contribution < 1.29 is 0 Å². The topological polar surface area (TPSA) is 15.3 Å². The maximum atomic E-state index is 3.66. The molecular weight excluding hydrogens is 204 g/mol. The second kappa shape index (κ2) is 5.55. The minimum atomic E-state index is 0.745. The van der Waals surface area contributed by atoms with Gasteiger partial charge in [-0.2, -0.15) is 11.8 Å². The van der Waals surface area contributed by atoms with Gasteiger partial charge in [0.05, 0.1) is 0 Å². The first-order chi connectivity index (χ1) is 7.31. The van der Waals surface area contributed by atoms with E-state index >= 15 is 0 Å². The predicted molar refractivity (Wildman–Crippen MR) is 68.6 cm³/mol. The van der Waals surface area contributed by atoms with E-state index in [1.54, 1.807) is 0 Å². The standard InChI is InChI=1S/C12H24N2S/c1-3-11(8-13-10-4-5-10)14(2)12-6-7-15-9-12/h10-13H,3-9H2,1-2H3. The van der Waals surface area contributed by atoms with Crippen LogP contribution in [0.4, 0.5) is 0 Å². The Morgan fingerprint density at radius 3 is 2.73 bits per heavy atom. The smallest absolute Gasteiger partial charge is 0.0218 e. The molecule has 1 N–H and O–H groups in total. The lowest BCUT2D eigenvalue weighted by Gasteiger charge is -2.32. The molecule has 0 aromatic rings. The average molecular weight is 228 g/mol. The normalized spacial score (nSPS) is 28.6. The summed E-state index contributed by atoms with van der Waals surface area (Å²) in [5.41, 5.74) is 0. The summed E-state index contributed by atoms with van der Waals surface area (Å²) in [6, 6.07) is 2.43. The first-order valence-electron chi connectivity index (χ1n) is 6.34.